The zero-order chi connectivity index (χ0) is 25.5. The van der Waals surface area contributed by atoms with E-state index in [1.807, 2.05) is 55.6 Å². The second kappa shape index (κ2) is 12.2. The Morgan fingerprint density at radius 1 is 1.08 bits per heavy atom. The lowest BCUT2D eigenvalue weighted by molar-refractivity contribution is -0.306. The van der Waals surface area contributed by atoms with E-state index in [0.29, 0.717) is 44.0 Å². The van der Waals surface area contributed by atoms with Gasteiger partial charge in [-0.2, -0.15) is 0 Å². The summed E-state index contributed by atoms with van der Waals surface area (Å²) in [6.45, 7) is 3.71. The van der Waals surface area contributed by atoms with Crippen molar-refractivity contribution >= 4 is 17.8 Å². The van der Waals surface area contributed by atoms with E-state index in [1.54, 1.807) is 9.80 Å². The van der Waals surface area contributed by atoms with Gasteiger partial charge in [-0.3, -0.25) is 9.59 Å². The highest BCUT2D eigenvalue weighted by molar-refractivity contribution is 5.94. The van der Waals surface area contributed by atoms with Crippen molar-refractivity contribution in [1.82, 2.24) is 15.1 Å². The van der Waals surface area contributed by atoms with Crippen LogP contribution in [-0.2, 0) is 29.0 Å². The second-order valence-electron chi connectivity index (χ2n) is 10.2. The summed E-state index contributed by atoms with van der Waals surface area (Å²) in [5.41, 5.74) is 3.54. The molecule has 7 nitrogen and oxygen atoms in total. The number of hydrogen-bond acceptors (Lipinski definition) is 5. The van der Waals surface area contributed by atoms with Crippen LogP contribution >= 0.6 is 0 Å². The minimum atomic E-state index is -1.23. The molecular weight excluding hydrogens is 454 g/mol. The van der Waals surface area contributed by atoms with Crippen LogP contribution < -0.4 is 10.4 Å². The molecule has 1 fully saturated rings. The number of carboxylic acids is 1. The molecular formula is C29H36N3O4-. The molecule has 7 heteroatoms. The van der Waals surface area contributed by atoms with Crippen LogP contribution in [0.4, 0.5) is 0 Å². The molecule has 2 amide bonds. The Morgan fingerprint density at radius 3 is 2.56 bits per heavy atom. The molecule has 1 saturated heterocycles. The fraction of sp³-hybridized carbons (Fsp3) is 0.483. The maximum Gasteiger partial charge on any atom is 0.253 e. The highest BCUT2D eigenvalue weighted by Crippen LogP contribution is 2.27. The summed E-state index contributed by atoms with van der Waals surface area (Å²) >= 11 is 0. The van der Waals surface area contributed by atoms with Gasteiger partial charge in [-0.25, -0.2) is 0 Å². The van der Waals surface area contributed by atoms with Crippen molar-refractivity contribution < 1.29 is 19.5 Å². The smallest absolute Gasteiger partial charge is 0.253 e. The molecule has 1 N–H and O–H groups in total. The summed E-state index contributed by atoms with van der Waals surface area (Å²) in [5.74, 6) is -1.50. The Balaban J connectivity index is 1.48. The molecule has 0 saturated carbocycles. The number of amides is 2. The molecule has 0 radical (unpaired) electrons. The zero-order valence-electron chi connectivity index (χ0n) is 21.1. The molecule has 0 aromatic heterocycles. The Kier molecular flexibility index (Phi) is 8.75. The quantitative estimate of drug-likeness (QED) is 0.581. The summed E-state index contributed by atoms with van der Waals surface area (Å²) in [7, 11) is 1.84. The number of rotatable bonds is 9. The Hall–Kier alpha value is -3.19. The fourth-order valence-corrected chi connectivity index (χ4v) is 5.32. The second-order valence-corrected chi connectivity index (χ2v) is 10.2. The van der Waals surface area contributed by atoms with Crippen LogP contribution in [0.2, 0.25) is 0 Å². The van der Waals surface area contributed by atoms with Crippen molar-refractivity contribution in [2.24, 2.45) is 11.8 Å². The first-order chi connectivity index (χ1) is 17.4. The van der Waals surface area contributed by atoms with Crippen molar-refractivity contribution in [3.05, 3.63) is 70.8 Å². The predicted molar refractivity (Wildman–Crippen MR) is 136 cm³/mol. The number of aliphatic carboxylic acids is 1. The van der Waals surface area contributed by atoms with Gasteiger partial charge in [0.05, 0.1) is 0 Å². The van der Waals surface area contributed by atoms with E-state index in [0.717, 1.165) is 49.0 Å². The number of hydrogen-bond donors (Lipinski definition) is 1. The van der Waals surface area contributed by atoms with Crippen molar-refractivity contribution in [2.45, 2.75) is 45.1 Å². The van der Waals surface area contributed by atoms with E-state index in [1.165, 1.54) is 0 Å². The number of piperidine rings is 1. The largest absolute Gasteiger partial charge is 0.550 e. The molecule has 0 bridgehead atoms. The van der Waals surface area contributed by atoms with Gasteiger partial charge in [0.2, 0.25) is 5.91 Å². The molecule has 2 aromatic carbocycles. The summed E-state index contributed by atoms with van der Waals surface area (Å²) in [6.07, 6.45) is 3.95. The van der Waals surface area contributed by atoms with Gasteiger partial charge < -0.3 is 25.0 Å². The zero-order valence-corrected chi connectivity index (χ0v) is 21.1. The summed E-state index contributed by atoms with van der Waals surface area (Å²) in [4.78, 5) is 41.4. The van der Waals surface area contributed by atoms with Crippen molar-refractivity contribution in [3.8, 4) is 0 Å². The topological polar surface area (TPSA) is 92.8 Å². The van der Waals surface area contributed by atoms with Crippen LogP contribution in [0.5, 0.6) is 0 Å². The van der Waals surface area contributed by atoms with E-state index in [-0.39, 0.29) is 18.2 Å². The Bertz CT molecular complexity index is 1070. The molecule has 0 spiro atoms. The molecule has 2 aliphatic rings. The number of carbonyl (C=O) groups is 3. The molecule has 0 aliphatic carbocycles. The van der Waals surface area contributed by atoms with Gasteiger partial charge in [0.25, 0.3) is 5.91 Å². The Labute approximate surface area is 213 Å². The lowest BCUT2D eigenvalue weighted by Gasteiger charge is -2.25. The van der Waals surface area contributed by atoms with Gasteiger partial charge in [0.15, 0.2) is 0 Å². The average Bonchev–Trinajstić information content (AvgIpc) is 3.02. The molecule has 36 heavy (non-hydrogen) atoms. The SMILES string of the molecule is CN(CCC1CCNCC1)C(=O)c1ccc2c(c1)CC(CC(=O)[O-])C(=O)N(CCc1ccccc1)C2. The standard InChI is InChI=1S/C29H37N3O4/c1-31(15-11-22-9-13-30-14-10-22)28(35)23-7-8-24-20-32(16-12-21-5-3-2-4-6-21)29(36)26(19-27(33)34)18-25(24)17-23/h2-8,17,22,26,30H,9-16,18-20H2,1H3,(H,33,34)/p-1. The number of carboxylic acid groups (broad SMARTS) is 1. The highest BCUT2D eigenvalue weighted by Gasteiger charge is 2.30. The number of carbonyl (C=O) groups excluding carboxylic acids is 3. The van der Waals surface area contributed by atoms with Crippen LogP contribution in [0.3, 0.4) is 0 Å². The summed E-state index contributed by atoms with van der Waals surface area (Å²) in [6, 6.07) is 15.5. The number of benzene rings is 2. The lowest BCUT2D eigenvalue weighted by Crippen LogP contribution is -2.38. The van der Waals surface area contributed by atoms with Gasteiger partial charge in [0, 0.05) is 44.1 Å². The first kappa shape index (κ1) is 25.9. The van der Waals surface area contributed by atoms with Crippen LogP contribution in [-0.4, -0.2) is 60.8 Å². The van der Waals surface area contributed by atoms with Crippen LogP contribution in [0.15, 0.2) is 48.5 Å². The predicted octanol–water partition coefficient (Wildman–Crippen LogP) is 2.03. The molecule has 1 atom stereocenters. The molecule has 1 unspecified atom stereocenters. The lowest BCUT2D eigenvalue weighted by atomic mass is 9.92. The minimum Gasteiger partial charge on any atom is -0.550 e. The monoisotopic (exact) mass is 490 g/mol. The van der Waals surface area contributed by atoms with Crippen LogP contribution in [0.25, 0.3) is 0 Å². The van der Waals surface area contributed by atoms with E-state index in [9.17, 15) is 19.5 Å². The summed E-state index contributed by atoms with van der Waals surface area (Å²) in [5, 5.41) is 14.8. The maximum atomic E-state index is 13.3. The van der Waals surface area contributed by atoms with Gasteiger partial charge in [-0.1, -0.05) is 36.4 Å². The third kappa shape index (κ3) is 6.72. The minimum absolute atomic E-state index is 0.0420. The third-order valence-corrected chi connectivity index (χ3v) is 7.55. The van der Waals surface area contributed by atoms with Gasteiger partial charge in [-0.15, -0.1) is 0 Å². The van der Waals surface area contributed by atoms with E-state index < -0.39 is 11.9 Å². The highest BCUT2D eigenvalue weighted by atomic mass is 16.4. The van der Waals surface area contributed by atoms with Gasteiger partial charge >= 0.3 is 0 Å². The van der Waals surface area contributed by atoms with Gasteiger partial charge in [-0.05, 0) is 86.4 Å². The van der Waals surface area contributed by atoms with Crippen molar-refractivity contribution in [2.75, 3.05) is 33.2 Å². The summed E-state index contributed by atoms with van der Waals surface area (Å²) < 4.78 is 0. The molecule has 2 aromatic rings. The van der Waals surface area contributed by atoms with Crippen molar-refractivity contribution in [3.63, 3.8) is 0 Å². The van der Waals surface area contributed by atoms with E-state index >= 15 is 0 Å². The fourth-order valence-electron chi connectivity index (χ4n) is 5.32. The molecule has 2 aliphatic heterocycles. The first-order valence-electron chi connectivity index (χ1n) is 13.0. The number of fused-ring (bicyclic) bond motifs is 1. The van der Waals surface area contributed by atoms with Crippen LogP contribution in [0, 0.1) is 11.8 Å². The molecule has 192 valence electrons. The van der Waals surface area contributed by atoms with E-state index in [2.05, 4.69) is 5.32 Å². The Morgan fingerprint density at radius 2 is 1.83 bits per heavy atom. The van der Waals surface area contributed by atoms with E-state index in [4.69, 9.17) is 0 Å². The first-order valence-corrected chi connectivity index (χ1v) is 13.0. The number of nitrogens with zero attached hydrogens (tertiary/aromatic N) is 2. The number of nitrogens with one attached hydrogen (secondary N) is 1. The van der Waals surface area contributed by atoms with Gasteiger partial charge in [0.1, 0.15) is 0 Å². The third-order valence-electron chi connectivity index (χ3n) is 7.55. The average molecular weight is 491 g/mol. The van der Waals surface area contributed by atoms with Crippen molar-refractivity contribution in [1.29, 1.82) is 0 Å². The normalized spacial score (nSPS) is 18.4. The molecule has 2 heterocycles. The van der Waals surface area contributed by atoms with Crippen LogP contribution in [0.1, 0.15) is 52.7 Å². The maximum absolute atomic E-state index is 13.3. The molecule has 4 rings (SSSR count).